The van der Waals surface area contributed by atoms with Crippen molar-refractivity contribution in [2.24, 2.45) is 0 Å². The molecule has 1 fully saturated rings. The predicted octanol–water partition coefficient (Wildman–Crippen LogP) is 3.55. The fraction of sp³-hybridized carbons (Fsp3) is 0.348. The molecule has 0 spiro atoms. The highest BCUT2D eigenvalue weighted by molar-refractivity contribution is 5.50. The van der Waals surface area contributed by atoms with E-state index in [4.69, 9.17) is 0 Å². The summed E-state index contributed by atoms with van der Waals surface area (Å²) in [5.74, 6) is 1.51. The van der Waals surface area contributed by atoms with Gasteiger partial charge < -0.3 is 15.1 Å². The molecule has 3 aromatic rings. The Labute approximate surface area is 172 Å². The van der Waals surface area contributed by atoms with Crippen LogP contribution in [-0.2, 0) is 6.42 Å². The fourth-order valence-corrected chi connectivity index (χ4v) is 3.66. The van der Waals surface area contributed by atoms with Gasteiger partial charge in [0, 0.05) is 38.4 Å². The molecule has 1 aliphatic heterocycles. The molecule has 0 unspecified atom stereocenters. The van der Waals surface area contributed by atoms with Gasteiger partial charge in [0.25, 0.3) is 0 Å². The van der Waals surface area contributed by atoms with Gasteiger partial charge in [-0.05, 0) is 43.0 Å². The summed E-state index contributed by atoms with van der Waals surface area (Å²) in [4.78, 5) is 9.31. The lowest BCUT2D eigenvalue weighted by atomic mass is 10.1. The number of anilines is 3. The van der Waals surface area contributed by atoms with Gasteiger partial charge in [0.2, 0.25) is 5.95 Å². The van der Waals surface area contributed by atoms with Crippen molar-refractivity contribution >= 4 is 17.5 Å². The van der Waals surface area contributed by atoms with Crippen molar-refractivity contribution in [2.45, 2.75) is 19.8 Å². The lowest BCUT2D eigenvalue weighted by molar-refractivity contribution is 0.635. The number of aromatic nitrogens is 3. The van der Waals surface area contributed by atoms with Crippen LogP contribution in [0.2, 0.25) is 0 Å². The van der Waals surface area contributed by atoms with E-state index in [0.29, 0.717) is 5.95 Å². The third-order valence-corrected chi connectivity index (χ3v) is 5.27. The highest BCUT2D eigenvalue weighted by Gasteiger charge is 2.20. The summed E-state index contributed by atoms with van der Waals surface area (Å²) in [6, 6.07) is 19.2. The maximum absolute atomic E-state index is 4.68. The van der Waals surface area contributed by atoms with Crippen LogP contribution in [0.4, 0.5) is 17.5 Å². The van der Waals surface area contributed by atoms with Crippen molar-refractivity contribution in [3.63, 3.8) is 0 Å². The van der Waals surface area contributed by atoms with Gasteiger partial charge in [-0.25, -0.2) is 0 Å². The number of benzene rings is 2. The summed E-state index contributed by atoms with van der Waals surface area (Å²) in [5, 5.41) is 11.8. The zero-order valence-electron chi connectivity index (χ0n) is 17.0. The lowest BCUT2D eigenvalue weighted by Gasteiger charge is -2.36. The van der Waals surface area contributed by atoms with E-state index in [-0.39, 0.29) is 0 Å². The molecule has 0 bridgehead atoms. The van der Waals surface area contributed by atoms with Crippen LogP contribution < -0.4 is 15.1 Å². The van der Waals surface area contributed by atoms with Gasteiger partial charge in [-0.1, -0.05) is 42.5 Å². The molecule has 4 rings (SSSR count). The number of rotatable bonds is 7. The molecule has 150 valence electrons. The minimum atomic E-state index is 0.710. The van der Waals surface area contributed by atoms with Gasteiger partial charge in [0.15, 0.2) is 5.82 Å². The van der Waals surface area contributed by atoms with Crippen LogP contribution in [0.5, 0.6) is 0 Å². The molecule has 6 nitrogen and oxygen atoms in total. The molecule has 1 aromatic heterocycles. The first-order chi connectivity index (χ1) is 14.3. The van der Waals surface area contributed by atoms with E-state index in [1.54, 1.807) is 6.20 Å². The Balaban J connectivity index is 1.27. The molecule has 6 heteroatoms. The van der Waals surface area contributed by atoms with Crippen LogP contribution in [0.25, 0.3) is 0 Å². The maximum Gasteiger partial charge on any atom is 0.247 e. The average molecular weight is 389 g/mol. The molecule has 1 aliphatic rings. The van der Waals surface area contributed by atoms with Gasteiger partial charge in [-0.3, -0.25) is 0 Å². The largest absolute Gasteiger partial charge is 0.369 e. The van der Waals surface area contributed by atoms with E-state index >= 15 is 0 Å². The van der Waals surface area contributed by atoms with E-state index in [0.717, 1.165) is 51.4 Å². The molecule has 2 aromatic carbocycles. The van der Waals surface area contributed by atoms with Crippen molar-refractivity contribution in [1.29, 1.82) is 0 Å². The van der Waals surface area contributed by atoms with Crippen molar-refractivity contribution in [3.05, 3.63) is 71.9 Å². The Morgan fingerprint density at radius 1 is 0.931 bits per heavy atom. The first kappa shape index (κ1) is 19.2. The highest BCUT2D eigenvalue weighted by atomic mass is 15.4. The Kier molecular flexibility index (Phi) is 6.19. The van der Waals surface area contributed by atoms with Crippen LogP contribution in [-0.4, -0.2) is 47.9 Å². The predicted molar refractivity (Wildman–Crippen MR) is 119 cm³/mol. The maximum atomic E-state index is 4.68. The van der Waals surface area contributed by atoms with E-state index in [1.165, 1.54) is 16.8 Å². The topological polar surface area (TPSA) is 57.2 Å². The first-order valence-corrected chi connectivity index (χ1v) is 10.3. The summed E-state index contributed by atoms with van der Waals surface area (Å²) in [5.41, 5.74) is 3.95. The Morgan fingerprint density at radius 3 is 2.52 bits per heavy atom. The summed E-state index contributed by atoms with van der Waals surface area (Å²) in [7, 11) is 0. The van der Waals surface area contributed by atoms with Gasteiger partial charge in [-0.15, -0.1) is 5.10 Å². The van der Waals surface area contributed by atoms with E-state index < -0.39 is 0 Å². The normalized spacial score (nSPS) is 14.1. The molecule has 0 radical (unpaired) electrons. The lowest BCUT2D eigenvalue weighted by Crippen LogP contribution is -2.47. The number of aryl methyl sites for hydroxylation is 2. The number of nitrogens with one attached hydrogen (secondary N) is 1. The second-order valence-electron chi connectivity index (χ2n) is 7.47. The zero-order chi connectivity index (χ0) is 19.9. The second-order valence-corrected chi connectivity index (χ2v) is 7.47. The molecular weight excluding hydrogens is 360 g/mol. The van der Waals surface area contributed by atoms with Crippen molar-refractivity contribution in [3.8, 4) is 0 Å². The van der Waals surface area contributed by atoms with Crippen LogP contribution in [0.15, 0.2) is 60.8 Å². The molecule has 0 atom stereocenters. The van der Waals surface area contributed by atoms with Gasteiger partial charge >= 0.3 is 0 Å². The summed E-state index contributed by atoms with van der Waals surface area (Å²) < 4.78 is 0. The van der Waals surface area contributed by atoms with Crippen molar-refractivity contribution in [2.75, 3.05) is 47.8 Å². The molecule has 29 heavy (non-hydrogen) atoms. The molecule has 2 heterocycles. The minimum Gasteiger partial charge on any atom is -0.369 e. The first-order valence-electron chi connectivity index (χ1n) is 10.3. The second kappa shape index (κ2) is 9.37. The zero-order valence-corrected chi connectivity index (χ0v) is 17.0. The standard InChI is InChI=1S/C23H28N6/c1-19-7-5-11-21(17-19)28-13-15-29(16-14-28)23-26-22(18-25-27-23)24-12-6-10-20-8-3-2-4-9-20/h2-5,7-9,11,17-18H,6,10,12-16H2,1H3,(H,24,26,27). The Bertz CT molecular complexity index is 906. The number of hydrogen-bond donors (Lipinski definition) is 1. The third kappa shape index (κ3) is 5.22. The third-order valence-electron chi connectivity index (χ3n) is 5.27. The number of hydrogen-bond acceptors (Lipinski definition) is 6. The summed E-state index contributed by atoms with van der Waals surface area (Å²) in [6.07, 6.45) is 3.81. The van der Waals surface area contributed by atoms with Gasteiger partial charge in [0.05, 0.1) is 6.20 Å². The minimum absolute atomic E-state index is 0.710. The molecule has 0 saturated carbocycles. The van der Waals surface area contributed by atoms with Crippen LogP contribution >= 0.6 is 0 Å². The molecule has 0 aliphatic carbocycles. The SMILES string of the molecule is Cc1cccc(N2CCN(c3nncc(NCCCc4ccccc4)n3)CC2)c1. The summed E-state index contributed by atoms with van der Waals surface area (Å²) in [6.45, 7) is 6.72. The van der Waals surface area contributed by atoms with Gasteiger partial charge in [-0.2, -0.15) is 10.1 Å². The van der Waals surface area contributed by atoms with E-state index in [9.17, 15) is 0 Å². The van der Waals surface area contributed by atoms with E-state index in [1.807, 2.05) is 0 Å². The van der Waals surface area contributed by atoms with Crippen LogP contribution in [0.1, 0.15) is 17.5 Å². The highest BCUT2D eigenvalue weighted by Crippen LogP contribution is 2.19. The fourth-order valence-electron chi connectivity index (χ4n) is 3.66. The summed E-state index contributed by atoms with van der Waals surface area (Å²) >= 11 is 0. The van der Waals surface area contributed by atoms with Crippen molar-refractivity contribution in [1.82, 2.24) is 15.2 Å². The molecular formula is C23H28N6. The van der Waals surface area contributed by atoms with Gasteiger partial charge in [0.1, 0.15) is 0 Å². The monoisotopic (exact) mass is 388 g/mol. The Morgan fingerprint density at radius 2 is 1.72 bits per heavy atom. The van der Waals surface area contributed by atoms with Crippen LogP contribution in [0, 0.1) is 6.92 Å². The van der Waals surface area contributed by atoms with Crippen molar-refractivity contribution < 1.29 is 0 Å². The quantitative estimate of drug-likeness (QED) is 0.625. The number of piperazine rings is 1. The average Bonchev–Trinajstić information content (AvgIpc) is 2.78. The molecule has 1 saturated heterocycles. The Hall–Kier alpha value is -3.15. The smallest absolute Gasteiger partial charge is 0.247 e. The number of nitrogens with zero attached hydrogens (tertiary/aromatic N) is 5. The van der Waals surface area contributed by atoms with Crippen LogP contribution in [0.3, 0.4) is 0 Å². The molecule has 0 amide bonds. The molecule has 1 N–H and O–H groups in total. The van der Waals surface area contributed by atoms with E-state index in [2.05, 4.69) is 91.8 Å².